The molecule has 4 nitrogen and oxygen atoms in total. The second-order valence-electron chi connectivity index (χ2n) is 5.83. The molecule has 1 aliphatic carbocycles. The van der Waals surface area contributed by atoms with Crippen LogP contribution < -0.4 is 5.32 Å². The van der Waals surface area contributed by atoms with E-state index in [1.54, 1.807) is 23.7 Å². The maximum absolute atomic E-state index is 11.9. The highest BCUT2D eigenvalue weighted by molar-refractivity contribution is 7.13. The third-order valence-corrected chi connectivity index (χ3v) is 5.09. The highest BCUT2D eigenvalue weighted by atomic mass is 32.1. The van der Waals surface area contributed by atoms with Gasteiger partial charge in [0.05, 0.1) is 5.69 Å². The molecule has 0 radical (unpaired) electrons. The van der Waals surface area contributed by atoms with Gasteiger partial charge in [-0.05, 0) is 37.3 Å². The van der Waals surface area contributed by atoms with Crippen LogP contribution in [0.3, 0.4) is 0 Å². The number of hydrogen-bond donors (Lipinski definition) is 1. The summed E-state index contributed by atoms with van der Waals surface area (Å²) in [4.78, 5) is 20.5. The van der Waals surface area contributed by atoms with Crippen LogP contribution in [0.25, 0.3) is 10.6 Å². The SMILES string of the molecule is O=C(CCc1csc(-c2ccncc2)n1)NCC1CCCC1. The molecule has 0 bridgehead atoms. The molecule has 1 saturated carbocycles. The van der Waals surface area contributed by atoms with Crippen molar-refractivity contribution in [3.63, 3.8) is 0 Å². The number of hydrogen-bond acceptors (Lipinski definition) is 4. The van der Waals surface area contributed by atoms with Crippen molar-refractivity contribution in [1.82, 2.24) is 15.3 Å². The van der Waals surface area contributed by atoms with E-state index in [0.717, 1.165) is 22.8 Å². The van der Waals surface area contributed by atoms with Gasteiger partial charge in [-0.15, -0.1) is 11.3 Å². The summed E-state index contributed by atoms with van der Waals surface area (Å²) in [6.45, 7) is 0.845. The fraction of sp³-hybridized carbons (Fsp3) is 0.471. The van der Waals surface area contributed by atoms with Crippen molar-refractivity contribution >= 4 is 17.2 Å². The van der Waals surface area contributed by atoms with Crippen LogP contribution in [0, 0.1) is 5.92 Å². The molecule has 2 heterocycles. The van der Waals surface area contributed by atoms with Crippen LogP contribution in [0.15, 0.2) is 29.9 Å². The number of nitrogens with zero attached hydrogens (tertiary/aromatic N) is 2. The van der Waals surface area contributed by atoms with Gasteiger partial charge in [0.25, 0.3) is 0 Å². The Balaban J connectivity index is 1.45. The first-order valence-corrected chi connectivity index (χ1v) is 8.81. The number of rotatable bonds is 6. The number of nitrogens with one attached hydrogen (secondary N) is 1. The summed E-state index contributed by atoms with van der Waals surface area (Å²) in [6.07, 6.45) is 9.93. The van der Waals surface area contributed by atoms with Gasteiger partial charge in [-0.3, -0.25) is 9.78 Å². The molecule has 0 aliphatic heterocycles. The van der Waals surface area contributed by atoms with Crippen molar-refractivity contribution < 1.29 is 4.79 Å². The number of aryl methyl sites for hydroxylation is 1. The molecule has 0 unspecified atom stereocenters. The standard InChI is InChI=1S/C17H21N3OS/c21-16(19-11-13-3-1-2-4-13)6-5-15-12-22-17(20-15)14-7-9-18-10-8-14/h7-10,12-13H,1-6,11H2,(H,19,21). The van der Waals surface area contributed by atoms with Crippen molar-refractivity contribution in [2.75, 3.05) is 6.54 Å². The van der Waals surface area contributed by atoms with Crippen LogP contribution in [0.5, 0.6) is 0 Å². The van der Waals surface area contributed by atoms with E-state index < -0.39 is 0 Å². The first-order chi connectivity index (χ1) is 10.8. The quantitative estimate of drug-likeness (QED) is 0.888. The van der Waals surface area contributed by atoms with Crippen LogP contribution >= 0.6 is 11.3 Å². The molecule has 1 N–H and O–H groups in total. The lowest BCUT2D eigenvalue weighted by atomic mass is 10.1. The summed E-state index contributed by atoms with van der Waals surface area (Å²) in [7, 11) is 0. The van der Waals surface area contributed by atoms with Gasteiger partial charge in [-0.1, -0.05) is 12.8 Å². The fourth-order valence-electron chi connectivity index (χ4n) is 2.85. The number of amides is 1. The maximum atomic E-state index is 11.9. The molecule has 1 aliphatic rings. The average Bonchev–Trinajstić information content (AvgIpc) is 3.23. The second kappa shape index (κ2) is 7.49. The van der Waals surface area contributed by atoms with Crippen molar-refractivity contribution in [1.29, 1.82) is 0 Å². The molecular formula is C17H21N3OS. The van der Waals surface area contributed by atoms with E-state index >= 15 is 0 Å². The third kappa shape index (κ3) is 4.13. The molecule has 0 spiro atoms. The number of thiazole rings is 1. The minimum Gasteiger partial charge on any atom is -0.356 e. The zero-order chi connectivity index (χ0) is 15.2. The molecule has 22 heavy (non-hydrogen) atoms. The van der Waals surface area contributed by atoms with E-state index in [1.807, 2.05) is 17.5 Å². The lowest BCUT2D eigenvalue weighted by molar-refractivity contribution is -0.121. The Hall–Kier alpha value is -1.75. The number of carbonyl (C=O) groups is 1. The molecule has 2 aromatic rings. The Morgan fingerprint density at radius 2 is 2.05 bits per heavy atom. The Bertz CT molecular complexity index is 605. The van der Waals surface area contributed by atoms with Crippen molar-refractivity contribution in [2.45, 2.75) is 38.5 Å². The van der Waals surface area contributed by atoms with Crippen LogP contribution in [0.2, 0.25) is 0 Å². The first-order valence-electron chi connectivity index (χ1n) is 7.93. The van der Waals surface area contributed by atoms with Crippen LogP contribution in [0.1, 0.15) is 37.8 Å². The van der Waals surface area contributed by atoms with Gasteiger partial charge in [0, 0.05) is 36.3 Å². The molecule has 1 amide bonds. The predicted octanol–water partition coefficient (Wildman–Crippen LogP) is 3.44. The third-order valence-electron chi connectivity index (χ3n) is 4.15. The molecule has 1 fully saturated rings. The van der Waals surface area contributed by atoms with E-state index in [1.165, 1.54) is 25.7 Å². The Kier molecular flexibility index (Phi) is 5.16. The van der Waals surface area contributed by atoms with Crippen molar-refractivity contribution in [3.8, 4) is 10.6 Å². The predicted molar refractivity (Wildman–Crippen MR) is 88.6 cm³/mol. The van der Waals surface area contributed by atoms with E-state index in [4.69, 9.17) is 0 Å². The summed E-state index contributed by atoms with van der Waals surface area (Å²) >= 11 is 1.62. The Morgan fingerprint density at radius 1 is 1.27 bits per heavy atom. The van der Waals surface area contributed by atoms with Gasteiger partial charge >= 0.3 is 0 Å². The molecule has 0 saturated heterocycles. The number of carbonyl (C=O) groups excluding carboxylic acids is 1. The van der Waals surface area contributed by atoms with Gasteiger partial charge in [-0.25, -0.2) is 4.98 Å². The van der Waals surface area contributed by atoms with E-state index in [0.29, 0.717) is 18.8 Å². The molecule has 2 aromatic heterocycles. The fourth-order valence-corrected chi connectivity index (χ4v) is 3.71. The number of aromatic nitrogens is 2. The summed E-state index contributed by atoms with van der Waals surface area (Å²) in [5, 5.41) is 6.09. The molecule has 0 aromatic carbocycles. The minimum absolute atomic E-state index is 0.144. The maximum Gasteiger partial charge on any atom is 0.220 e. The molecule has 0 atom stereocenters. The Morgan fingerprint density at radius 3 is 2.82 bits per heavy atom. The normalized spacial score (nSPS) is 15.1. The smallest absolute Gasteiger partial charge is 0.220 e. The lowest BCUT2D eigenvalue weighted by Crippen LogP contribution is -2.28. The van der Waals surface area contributed by atoms with Gasteiger partial charge < -0.3 is 5.32 Å². The summed E-state index contributed by atoms with van der Waals surface area (Å²) in [5.74, 6) is 0.840. The summed E-state index contributed by atoms with van der Waals surface area (Å²) < 4.78 is 0. The summed E-state index contributed by atoms with van der Waals surface area (Å²) in [5.41, 5.74) is 2.07. The highest BCUT2D eigenvalue weighted by Crippen LogP contribution is 2.24. The largest absolute Gasteiger partial charge is 0.356 e. The van der Waals surface area contributed by atoms with Crippen LogP contribution in [0.4, 0.5) is 0 Å². The van der Waals surface area contributed by atoms with Gasteiger partial charge in [0.1, 0.15) is 5.01 Å². The highest BCUT2D eigenvalue weighted by Gasteiger charge is 2.15. The van der Waals surface area contributed by atoms with Gasteiger partial charge in [-0.2, -0.15) is 0 Å². The lowest BCUT2D eigenvalue weighted by Gasteiger charge is -2.10. The first kappa shape index (κ1) is 15.2. The van der Waals surface area contributed by atoms with E-state index in [9.17, 15) is 4.79 Å². The molecule has 5 heteroatoms. The van der Waals surface area contributed by atoms with E-state index in [-0.39, 0.29) is 5.91 Å². The average molecular weight is 315 g/mol. The van der Waals surface area contributed by atoms with Crippen molar-refractivity contribution in [3.05, 3.63) is 35.6 Å². The minimum atomic E-state index is 0.144. The van der Waals surface area contributed by atoms with Gasteiger partial charge in [0.2, 0.25) is 5.91 Å². The zero-order valence-electron chi connectivity index (χ0n) is 12.6. The molecule has 116 valence electrons. The summed E-state index contributed by atoms with van der Waals surface area (Å²) in [6, 6.07) is 3.91. The zero-order valence-corrected chi connectivity index (χ0v) is 13.4. The van der Waals surface area contributed by atoms with E-state index in [2.05, 4.69) is 15.3 Å². The molecule has 3 rings (SSSR count). The van der Waals surface area contributed by atoms with Crippen molar-refractivity contribution in [2.24, 2.45) is 5.92 Å². The second-order valence-corrected chi connectivity index (χ2v) is 6.69. The monoisotopic (exact) mass is 315 g/mol. The van der Waals surface area contributed by atoms with Crippen LogP contribution in [-0.4, -0.2) is 22.4 Å². The van der Waals surface area contributed by atoms with Crippen LogP contribution in [-0.2, 0) is 11.2 Å². The topological polar surface area (TPSA) is 54.9 Å². The van der Waals surface area contributed by atoms with Gasteiger partial charge in [0.15, 0.2) is 0 Å². The number of pyridine rings is 1. The Labute approximate surface area is 135 Å². The molecular weight excluding hydrogens is 294 g/mol.